The lowest BCUT2D eigenvalue weighted by molar-refractivity contribution is -0.140. The van der Waals surface area contributed by atoms with Gasteiger partial charge in [-0.25, -0.2) is 19.6 Å². The smallest absolute Gasteiger partial charge is 0.407 e. The van der Waals surface area contributed by atoms with Gasteiger partial charge in [0.05, 0.1) is 48.4 Å². The summed E-state index contributed by atoms with van der Waals surface area (Å²) in [6.07, 6.45) is 4.65. The van der Waals surface area contributed by atoms with Crippen LogP contribution in [0.3, 0.4) is 0 Å². The highest BCUT2D eigenvalue weighted by Gasteiger charge is 2.53. The number of likely N-dealkylation sites (tertiary alicyclic amines) is 2. The van der Waals surface area contributed by atoms with Crippen LogP contribution in [0.25, 0.3) is 55.4 Å². The van der Waals surface area contributed by atoms with E-state index in [9.17, 15) is 19.2 Å². The number of ether oxygens (including phenoxy) is 2. The molecule has 4 bridgehead atoms. The van der Waals surface area contributed by atoms with Crippen molar-refractivity contribution in [3.8, 4) is 33.4 Å². The molecule has 2 saturated heterocycles. The molecule has 4 amide bonds. The zero-order valence-corrected chi connectivity index (χ0v) is 38.3. The van der Waals surface area contributed by atoms with Crippen molar-refractivity contribution in [3.63, 3.8) is 0 Å². The first-order valence-electron chi connectivity index (χ1n) is 23.4. The molecule has 2 aliphatic heterocycles. The van der Waals surface area contributed by atoms with Crippen molar-refractivity contribution < 1.29 is 28.7 Å². The second-order valence-corrected chi connectivity index (χ2v) is 19.4. The first-order valence-corrected chi connectivity index (χ1v) is 23.4. The van der Waals surface area contributed by atoms with Gasteiger partial charge in [-0.2, -0.15) is 0 Å². The Balaban J connectivity index is 0.836. The molecule has 66 heavy (non-hydrogen) atoms. The number of aromatic amines is 2. The zero-order valence-electron chi connectivity index (χ0n) is 38.3. The van der Waals surface area contributed by atoms with Gasteiger partial charge in [0, 0.05) is 12.1 Å². The van der Waals surface area contributed by atoms with Crippen LogP contribution in [0.5, 0.6) is 0 Å². The van der Waals surface area contributed by atoms with Gasteiger partial charge in [0.25, 0.3) is 0 Å². The number of hydrogen-bond donors (Lipinski definition) is 4. The van der Waals surface area contributed by atoms with E-state index < -0.39 is 24.3 Å². The minimum atomic E-state index is -0.683. The summed E-state index contributed by atoms with van der Waals surface area (Å²) in [5.74, 6) is 1.83. The van der Waals surface area contributed by atoms with E-state index in [-0.39, 0.29) is 47.8 Å². The lowest BCUT2D eigenvalue weighted by atomic mass is 9.95. The highest BCUT2D eigenvalue weighted by molar-refractivity contribution is 5.89. The van der Waals surface area contributed by atoms with E-state index in [1.165, 1.54) is 14.2 Å². The Morgan fingerprint density at radius 1 is 0.545 bits per heavy atom. The number of nitrogens with zero attached hydrogens (tertiary/aromatic N) is 4. The normalized spacial score (nSPS) is 23.0. The Labute approximate surface area is 384 Å². The second-order valence-electron chi connectivity index (χ2n) is 19.4. The number of piperidine rings is 2. The molecule has 4 heterocycles. The fourth-order valence-electron chi connectivity index (χ4n) is 11.4. The van der Waals surface area contributed by atoms with Gasteiger partial charge in [0.1, 0.15) is 23.7 Å². The molecule has 14 nitrogen and oxygen atoms in total. The molecule has 10 rings (SSSR count). The molecule has 4 N–H and O–H groups in total. The maximum atomic E-state index is 14.0. The molecule has 6 aromatic rings. The lowest BCUT2D eigenvalue weighted by Crippen LogP contribution is -2.54. The number of aromatic nitrogens is 4. The number of fused-ring (bicyclic) bond motifs is 6. The first-order chi connectivity index (χ1) is 31.9. The van der Waals surface area contributed by atoms with E-state index in [1.54, 1.807) is 0 Å². The van der Waals surface area contributed by atoms with Gasteiger partial charge >= 0.3 is 12.2 Å². The molecule has 2 aliphatic carbocycles. The maximum Gasteiger partial charge on any atom is 0.407 e. The summed E-state index contributed by atoms with van der Waals surface area (Å²) in [7, 11) is 2.63. The summed E-state index contributed by atoms with van der Waals surface area (Å²) < 4.78 is 9.69. The fraction of sp³-hybridized carbons (Fsp3) is 0.423. The lowest BCUT2D eigenvalue weighted by Gasteiger charge is -2.37. The minimum Gasteiger partial charge on any atom is -0.453 e. The minimum absolute atomic E-state index is 0.0866. The Morgan fingerprint density at radius 3 is 1.24 bits per heavy atom. The second kappa shape index (κ2) is 17.3. The largest absolute Gasteiger partial charge is 0.453 e. The van der Waals surface area contributed by atoms with Crippen molar-refractivity contribution in [1.29, 1.82) is 0 Å². The highest BCUT2D eigenvalue weighted by Crippen LogP contribution is 2.51. The summed E-state index contributed by atoms with van der Waals surface area (Å²) in [6.45, 7) is 7.74. The number of rotatable bonds is 11. The monoisotopic (exact) mass is 890 g/mol. The van der Waals surface area contributed by atoms with E-state index in [4.69, 9.17) is 19.4 Å². The molecule has 4 aliphatic rings. The van der Waals surface area contributed by atoms with Crippen molar-refractivity contribution in [2.24, 2.45) is 23.7 Å². The standard InChI is InChI=1S/C52H58N8O6/c1-27(2)43(57-51(63)65-5)49(61)59-37-19-15-35(23-37)45(59)47-53-39-21-17-33(25-41(39)55-47)31-11-7-29(8-12-31)30-9-13-32(14-10-30)34-18-22-40-42(26-34)56-48(54-40)46-36-16-20-38(24-36)60(46)50(62)44(28(3)4)58-52(64)66-6/h7-14,17-18,21-22,25-28,35-38,43-46H,15-16,19-20,23-24H2,1-6H3,(H,53,55)(H,54,56)(H,57,63)(H,58,64)/t35-,36-,37+,38+,43-,44?,45-,46-/m0/s1. The predicted molar refractivity (Wildman–Crippen MR) is 252 cm³/mol. The average Bonchev–Trinajstić information content (AvgIpc) is 4.21. The Morgan fingerprint density at radius 2 is 0.894 bits per heavy atom. The quantitative estimate of drug-likeness (QED) is 0.0996. The van der Waals surface area contributed by atoms with Gasteiger partial charge in [-0.15, -0.1) is 0 Å². The van der Waals surface area contributed by atoms with Crippen LogP contribution in [0.4, 0.5) is 9.59 Å². The van der Waals surface area contributed by atoms with Crippen molar-refractivity contribution in [2.75, 3.05) is 14.2 Å². The number of H-pyrrole nitrogens is 2. The molecular weight excluding hydrogens is 833 g/mol. The van der Waals surface area contributed by atoms with E-state index in [0.29, 0.717) is 11.8 Å². The third-order valence-corrected chi connectivity index (χ3v) is 14.8. The van der Waals surface area contributed by atoms with Gasteiger partial charge < -0.3 is 39.9 Å². The maximum absolute atomic E-state index is 14.0. The van der Waals surface area contributed by atoms with Crippen LogP contribution >= 0.6 is 0 Å². The van der Waals surface area contributed by atoms with Crippen LogP contribution in [-0.4, -0.2) is 92.1 Å². The topological polar surface area (TPSA) is 175 Å². The van der Waals surface area contributed by atoms with Gasteiger partial charge in [0.15, 0.2) is 0 Å². The predicted octanol–water partition coefficient (Wildman–Crippen LogP) is 9.31. The molecule has 0 radical (unpaired) electrons. The van der Waals surface area contributed by atoms with Crippen molar-refractivity contribution in [1.82, 2.24) is 40.4 Å². The third kappa shape index (κ3) is 7.73. The summed E-state index contributed by atoms with van der Waals surface area (Å²) in [6, 6.07) is 28.2. The Bertz CT molecular complexity index is 2620. The number of benzene rings is 4. The summed E-state index contributed by atoms with van der Waals surface area (Å²) >= 11 is 0. The molecule has 14 heteroatoms. The molecule has 342 valence electrons. The number of methoxy groups -OCH3 is 2. The number of carbonyl (C=O) groups is 4. The highest BCUT2D eigenvalue weighted by atomic mass is 16.5. The van der Waals surface area contributed by atoms with Crippen LogP contribution in [0, 0.1) is 23.7 Å². The number of imidazole rings is 2. The van der Waals surface area contributed by atoms with E-state index >= 15 is 0 Å². The molecule has 0 spiro atoms. The Kier molecular flexibility index (Phi) is 11.3. The number of hydrogen-bond acceptors (Lipinski definition) is 8. The number of nitrogens with one attached hydrogen (secondary N) is 4. The van der Waals surface area contributed by atoms with E-state index in [2.05, 4.69) is 93.4 Å². The van der Waals surface area contributed by atoms with E-state index in [0.717, 1.165) is 106 Å². The average molecular weight is 891 g/mol. The SMILES string of the molecule is COC(=O)NC(C(=O)N1[C@@H]2CC[C@@H](C2)[C@H]1c1nc2ccc(-c3ccc(-c4ccc(-c5ccc6nc([C@@H]7[C@H]8CC[C@H](C8)N7C(=O)[C@@H](NC(=O)OC)C(C)C)[nH]c6c5)cc4)cc3)cc2[nH]1)C(C)C. The Hall–Kier alpha value is -6.70. The van der Waals surface area contributed by atoms with E-state index in [1.807, 2.05) is 49.6 Å². The molecule has 4 aromatic carbocycles. The third-order valence-electron chi connectivity index (χ3n) is 14.8. The fourth-order valence-corrected chi connectivity index (χ4v) is 11.4. The van der Waals surface area contributed by atoms with Gasteiger partial charge in [-0.1, -0.05) is 88.4 Å². The summed E-state index contributed by atoms with van der Waals surface area (Å²) in [5.41, 5.74) is 10.1. The molecule has 2 aromatic heterocycles. The molecule has 4 fully saturated rings. The van der Waals surface area contributed by atoms with Gasteiger partial charge in [-0.3, -0.25) is 9.59 Å². The first kappa shape index (κ1) is 43.2. The molecule has 2 saturated carbocycles. The van der Waals surface area contributed by atoms with Gasteiger partial charge in [0.2, 0.25) is 11.8 Å². The van der Waals surface area contributed by atoms with Gasteiger partial charge in [-0.05, 0) is 120 Å². The van der Waals surface area contributed by atoms with Crippen molar-refractivity contribution in [2.45, 2.75) is 102 Å². The molecular formula is C52H58N8O6. The number of carbonyl (C=O) groups excluding carboxylic acids is 4. The summed E-state index contributed by atoms with van der Waals surface area (Å²) in [4.78, 5) is 73.6. The van der Waals surface area contributed by atoms with Crippen molar-refractivity contribution >= 4 is 46.1 Å². The van der Waals surface area contributed by atoms with Crippen LogP contribution < -0.4 is 10.6 Å². The molecule has 8 atom stereocenters. The van der Waals surface area contributed by atoms with Crippen molar-refractivity contribution in [3.05, 3.63) is 96.6 Å². The molecule has 1 unspecified atom stereocenters. The number of amides is 4. The number of alkyl carbamates (subject to hydrolysis) is 2. The van der Waals surface area contributed by atoms with Crippen LogP contribution in [-0.2, 0) is 19.1 Å². The van der Waals surface area contributed by atoms with Crippen LogP contribution in [0.2, 0.25) is 0 Å². The van der Waals surface area contributed by atoms with Crippen LogP contribution in [0.1, 0.15) is 90.0 Å². The van der Waals surface area contributed by atoms with Crippen LogP contribution in [0.15, 0.2) is 84.9 Å². The zero-order chi connectivity index (χ0) is 46.0. The summed E-state index contributed by atoms with van der Waals surface area (Å²) in [5, 5.41) is 5.55.